The summed E-state index contributed by atoms with van der Waals surface area (Å²) in [5.74, 6) is -1.46. The molecule has 1 aromatic rings. The van der Waals surface area contributed by atoms with Crippen LogP contribution >= 0.6 is 11.8 Å². The molecule has 1 rings (SSSR count). The lowest BCUT2D eigenvalue weighted by Crippen LogP contribution is -2.44. The number of rotatable bonds is 46. The molecule has 0 saturated heterocycles. The number of unbranched alkanes of at least 4 members (excludes halogenated alkanes) is 27. The third kappa shape index (κ3) is 42.9. The van der Waals surface area contributed by atoms with Crippen molar-refractivity contribution >= 4 is 53.3 Å². The summed E-state index contributed by atoms with van der Waals surface area (Å²) in [6.07, 6.45) is 35.6. The molecule has 0 saturated carbocycles. The minimum atomic E-state index is -1.09. The van der Waals surface area contributed by atoms with Crippen LogP contribution in [-0.2, 0) is 38.1 Å². The summed E-state index contributed by atoms with van der Waals surface area (Å²) in [6.45, 7) is 15.4. The molecule has 0 aliphatic heterocycles. The average molecular weight is 1070 g/mol. The van der Waals surface area contributed by atoms with Crippen molar-refractivity contribution in [2.75, 3.05) is 30.0 Å². The van der Waals surface area contributed by atoms with Gasteiger partial charge in [-0.3, -0.25) is 19.2 Å². The number of alkyl carbamates (subject to hydrolysis) is 1. The zero-order chi connectivity index (χ0) is 55.4. The molecule has 0 heterocycles. The summed E-state index contributed by atoms with van der Waals surface area (Å²) in [7, 11) is 0. The summed E-state index contributed by atoms with van der Waals surface area (Å²) >= 11 is 1.44. The summed E-state index contributed by atoms with van der Waals surface area (Å²) in [4.78, 5) is 77.3. The maximum absolute atomic E-state index is 13.2. The maximum Gasteiger partial charge on any atom is 0.407 e. The van der Waals surface area contributed by atoms with Crippen LogP contribution in [0.1, 0.15) is 278 Å². The standard InChI is InChI=1S/C61H107N3O10S/c1-9-11-13-15-17-19-21-23-24-25-27-29-31-33-35-37-46-62-59(70)71-48-52(72-55(66)38-36-34-32-30-28-26-22-20-18-16-14-12-10-2)49-75-47-45-54(65)63-51-41-39-50(40-42-51)57(68)64-53(58(69)74-61(6,7)8)43-44-56(67)73-60(3,4)5/h39-42,52-53H,9-38,43-49H2,1-8H3,(H,62,70)(H,63,65)(H,64,68). The van der Waals surface area contributed by atoms with E-state index >= 15 is 0 Å². The van der Waals surface area contributed by atoms with Crippen molar-refractivity contribution in [3.05, 3.63) is 29.8 Å². The SMILES string of the molecule is CCCCCCCCCCCCCCCCCCNC(=O)OCC(CSCCC(=O)Nc1ccc(C(=O)NC(CCC(=O)OC(C)(C)C)C(=O)OC(C)(C)C)cc1)OC(=O)CCCCCCCCCCCCCCC. The molecule has 3 N–H and O–H groups in total. The third-order valence-electron chi connectivity index (χ3n) is 12.7. The van der Waals surface area contributed by atoms with Gasteiger partial charge in [0.25, 0.3) is 5.91 Å². The summed E-state index contributed by atoms with van der Waals surface area (Å²) in [6, 6.07) is 5.18. The van der Waals surface area contributed by atoms with Crippen molar-refractivity contribution in [2.45, 2.75) is 291 Å². The highest BCUT2D eigenvalue weighted by molar-refractivity contribution is 7.99. The fraction of sp³-hybridized carbons (Fsp3) is 0.803. The van der Waals surface area contributed by atoms with E-state index in [4.69, 9.17) is 18.9 Å². The number of anilines is 1. The van der Waals surface area contributed by atoms with Gasteiger partial charge in [-0.25, -0.2) is 9.59 Å². The van der Waals surface area contributed by atoms with E-state index in [0.29, 0.717) is 30.2 Å². The quantitative estimate of drug-likeness (QED) is 0.0322. The molecular formula is C61H107N3O10S. The Bertz CT molecular complexity index is 1660. The molecule has 0 aromatic heterocycles. The summed E-state index contributed by atoms with van der Waals surface area (Å²) in [5.41, 5.74) is -0.765. The highest BCUT2D eigenvalue weighted by Crippen LogP contribution is 2.19. The monoisotopic (exact) mass is 1070 g/mol. The second kappa shape index (κ2) is 44.2. The van der Waals surface area contributed by atoms with E-state index in [9.17, 15) is 28.8 Å². The van der Waals surface area contributed by atoms with Crippen molar-refractivity contribution in [1.82, 2.24) is 10.6 Å². The van der Waals surface area contributed by atoms with Gasteiger partial charge in [0, 0.05) is 48.6 Å². The molecule has 0 spiro atoms. The first kappa shape index (κ1) is 69.2. The lowest BCUT2D eigenvalue weighted by molar-refractivity contribution is -0.158. The zero-order valence-corrected chi connectivity index (χ0v) is 49.4. The van der Waals surface area contributed by atoms with E-state index in [1.54, 1.807) is 53.7 Å². The molecule has 0 radical (unpaired) electrons. The molecule has 3 amide bonds. The molecule has 14 heteroatoms. The molecular weight excluding hydrogens is 967 g/mol. The molecule has 432 valence electrons. The van der Waals surface area contributed by atoms with Crippen LogP contribution in [-0.4, -0.2) is 83.8 Å². The Morgan fingerprint density at radius 1 is 0.533 bits per heavy atom. The van der Waals surface area contributed by atoms with Crippen LogP contribution in [0, 0.1) is 0 Å². The third-order valence-corrected chi connectivity index (χ3v) is 13.8. The van der Waals surface area contributed by atoms with Gasteiger partial charge >= 0.3 is 24.0 Å². The first-order valence-corrected chi connectivity index (χ1v) is 30.9. The predicted octanol–water partition coefficient (Wildman–Crippen LogP) is 15.7. The van der Waals surface area contributed by atoms with Crippen LogP contribution < -0.4 is 16.0 Å². The Hall–Kier alpha value is -3.81. The molecule has 75 heavy (non-hydrogen) atoms. The van der Waals surface area contributed by atoms with Crippen LogP contribution in [0.5, 0.6) is 0 Å². The topological polar surface area (TPSA) is 175 Å². The van der Waals surface area contributed by atoms with E-state index in [1.807, 2.05) is 0 Å². The van der Waals surface area contributed by atoms with Gasteiger partial charge in [0.2, 0.25) is 5.91 Å². The number of amides is 3. The molecule has 2 unspecified atom stereocenters. The van der Waals surface area contributed by atoms with Crippen LogP contribution in [0.4, 0.5) is 10.5 Å². The largest absolute Gasteiger partial charge is 0.460 e. The van der Waals surface area contributed by atoms with Gasteiger partial charge in [-0.1, -0.05) is 187 Å². The van der Waals surface area contributed by atoms with Crippen molar-refractivity contribution in [2.24, 2.45) is 0 Å². The highest BCUT2D eigenvalue weighted by atomic mass is 32.2. The number of carbonyl (C=O) groups excluding carboxylic acids is 6. The lowest BCUT2D eigenvalue weighted by atomic mass is 10.0. The fourth-order valence-corrected chi connectivity index (χ4v) is 9.48. The Kier molecular flexibility index (Phi) is 40.8. The van der Waals surface area contributed by atoms with Crippen LogP contribution in [0.2, 0.25) is 0 Å². The van der Waals surface area contributed by atoms with Crippen LogP contribution in [0.15, 0.2) is 24.3 Å². The van der Waals surface area contributed by atoms with Crippen LogP contribution in [0.25, 0.3) is 0 Å². The summed E-state index contributed by atoms with van der Waals surface area (Å²) in [5, 5.41) is 8.39. The minimum absolute atomic E-state index is 0.00755. The molecule has 1 aromatic carbocycles. The van der Waals surface area contributed by atoms with Gasteiger partial charge in [0.1, 0.15) is 30.0 Å². The molecule has 13 nitrogen and oxygen atoms in total. The second-order valence-electron chi connectivity index (χ2n) is 22.6. The lowest BCUT2D eigenvalue weighted by Gasteiger charge is -2.25. The van der Waals surface area contributed by atoms with Gasteiger partial charge in [0.15, 0.2) is 0 Å². The van der Waals surface area contributed by atoms with Crippen molar-refractivity contribution in [1.29, 1.82) is 0 Å². The van der Waals surface area contributed by atoms with Crippen LogP contribution in [0.3, 0.4) is 0 Å². The number of thioether (sulfide) groups is 1. The number of ether oxygens (including phenoxy) is 4. The van der Waals surface area contributed by atoms with Crippen molar-refractivity contribution < 1.29 is 47.7 Å². The Labute approximate surface area is 460 Å². The van der Waals surface area contributed by atoms with Gasteiger partial charge in [-0.15, -0.1) is 0 Å². The Morgan fingerprint density at radius 3 is 1.45 bits per heavy atom. The number of esters is 3. The van der Waals surface area contributed by atoms with E-state index in [-0.39, 0.29) is 43.3 Å². The minimum Gasteiger partial charge on any atom is -0.460 e. The molecule has 0 aliphatic carbocycles. The van der Waals surface area contributed by atoms with Gasteiger partial charge in [-0.2, -0.15) is 11.8 Å². The Morgan fingerprint density at radius 2 is 0.987 bits per heavy atom. The number of nitrogens with one attached hydrogen (secondary N) is 3. The first-order valence-electron chi connectivity index (χ1n) is 29.8. The van der Waals surface area contributed by atoms with Gasteiger partial charge < -0.3 is 34.9 Å². The molecule has 0 fully saturated rings. The van der Waals surface area contributed by atoms with E-state index in [2.05, 4.69) is 29.8 Å². The van der Waals surface area contributed by atoms with E-state index in [1.165, 1.54) is 172 Å². The van der Waals surface area contributed by atoms with Gasteiger partial charge in [0.05, 0.1) is 0 Å². The average Bonchev–Trinajstić information content (AvgIpc) is 3.34. The number of carbonyl (C=O) groups is 6. The normalized spacial score (nSPS) is 12.4. The maximum atomic E-state index is 13.2. The summed E-state index contributed by atoms with van der Waals surface area (Å²) < 4.78 is 22.3. The second-order valence-corrected chi connectivity index (χ2v) is 23.7. The Balaban J connectivity index is 2.58. The van der Waals surface area contributed by atoms with E-state index < -0.39 is 47.3 Å². The first-order chi connectivity index (χ1) is 35.9. The molecule has 0 aliphatic rings. The fourth-order valence-electron chi connectivity index (χ4n) is 8.56. The van der Waals surface area contributed by atoms with Crippen molar-refractivity contribution in [3.8, 4) is 0 Å². The van der Waals surface area contributed by atoms with E-state index in [0.717, 1.165) is 38.5 Å². The van der Waals surface area contributed by atoms with Crippen molar-refractivity contribution in [3.63, 3.8) is 0 Å². The zero-order valence-electron chi connectivity index (χ0n) is 48.6. The predicted molar refractivity (Wildman–Crippen MR) is 308 cm³/mol. The molecule has 0 bridgehead atoms. The number of benzene rings is 1. The number of hydrogen-bond acceptors (Lipinski definition) is 11. The smallest absolute Gasteiger partial charge is 0.407 e. The number of hydrogen-bond donors (Lipinski definition) is 3. The highest BCUT2D eigenvalue weighted by Gasteiger charge is 2.29. The van der Waals surface area contributed by atoms with Gasteiger partial charge in [-0.05, 0) is 85.1 Å². The molecule has 2 atom stereocenters.